The average molecular weight is 308 g/mol. The molecule has 0 aliphatic heterocycles. The van der Waals surface area contributed by atoms with Gasteiger partial charge in [-0.25, -0.2) is 4.39 Å². The summed E-state index contributed by atoms with van der Waals surface area (Å²) < 4.78 is 14.2. The SMILES string of the molecule is C[C@]12CC[C@H]3[C@@H](CC=C4CC[C@H](O)C[C@@]43C)[C@@H]1C[C@@H](F)[C@@H]2O. The fourth-order valence-corrected chi connectivity index (χ4v) is 6.68. The maximum Gasteiger partial charge on any atom is 0.127 e. The molecule has 4 rings (SSSR count). The maximum atomic E-state index is 14.2. The van der Waals surface area contributed by atoms with E-state index in [2.05, 4.69) is 19.9 Å². The lowest BCUT2D eigenvalue weighted by Crippen LogP contribution is -2.51. The van der Waals surface area contributed by atoms with Gasteiger partial charge in [-0.2, -0.15) is 0 Å². The Kier molecular flexibility index (Phi) is 3.30. The lowest BCUT2D eigenvalue weighted by Gasteiger charge is -2.57. The molecule has 8 atom stereocenters. The van der Waals surface area contributed by atoms with Crippen molar-refractivity contribution in [3.8, 4) is 0 Å². The van der Waals surface area contributed by atoms with Gasteiger partial charge in [0.2, 0.25) is 0 Å². The van der Waals surface area contributed by atoms with Gasteiger partial charge in [0.1, 0.15) is 6.17 Å². The first-order valence-electron chi connectivity index (χ1n) is 9.06. The summed E-state index contributed by atoms with van der Waals surface area (Å²) in [6, 6.07) is 0. The molecule has 4 aliphatic rings. The summed E-state index contributed by atoms with van der Waals surface area (Å²) in [6.07, 6.45) is 6.74. The van der Waals surface area contributed by atoms with E-state index in [1.165, 1.54) is 5.57 Å². The summed E-state index contributed by atoms with van der Waals surface area (Å²) in [5, 5.41) is 20.5. The van der Waals surface area contributed by atoms with Crippen molar-refractivity contribution >= 4 is 0 Å². The fourth-order valence-electron chi connectivity index (χ4n) is 6.68. The van der Waals surface area contributed by atoms with Gasteiger partial charge in [0.25, 0.3) is 0 Å². The number of fused-ring (bicyclic) bond motifs is 5. The van der Waals surface area contributed by atoms with Gasteiger partial charge < -0.3 is 10.2 Å². The lowest BCUT2D eigenvalue weighted by atomic mass is 9.48. The zero-order valence-electron chi connectivity index (χ0n) is 13.8. The summed E-state index contributed by atoms with van der Waals surface area (Å²) >= 11 is 0. The normalized spacial score (nSPS) is 57.6. The van der Waals surface area contributed by atoms with Crippen molar-refractivity contribution in [3.05, 3.63) is 11.6 Å². The van der Waals surface area contributed by atoms with Crippen molar-refractivity contribution in [1.82, 2.24) is 0 Å². The molecular weight excluding hydrogens is 279 g/mol. The van der Waals surface area contributed by atoms with Gasteiger partial charge in [-0.1, -0.05) is 25.5 Å². The van der Waals surface area contributed by atoms with Gasteiger partial charge in [0.15, 0.2) is 0 Å². The minimum Gasteiger partial charge on any atom is -0.393 e. The third-order valence-corrected chi connectivity index (χ3v) is 7.97. The largest absolute Gasteiger partial charge is 0.393 e. The molecule has 2 nitrogen and oxygen atoms in total. The smallest absolute Gasteiger partial charge is 0.127 e. The van der Waals surface area contributed by atoms with Crippen LogP contribution in [0.1, 0.15) is 58.8 Å². The predicted molar refractivity (Wildman–Crippen MR) is 84.0 cm³/mol. The Morgan fingerprint density at radius 2 is 1.95 bits per heavy atom. The quantitative estimate of drug-likeness (QED) is 0.671. The standard InChI is InChI=1S/C19H29FO2/c1-18-8-7-14-13(15(18)9-16(20)17(18)22)6-4-11-3-5-12(21)10-19(11,14)2/h4,12-17,21-22H,3,5-10H2,1-2H3/t12-,13+,14-,15-,16+,17-,18-,19-/m0/s1. The monoisotopic (exact) mass is 308 g/mol. The topological polar surface area (TPSA) is 40.5 Å². The molecule has 0 aromatic rings. The molecule has 0 heterocycles. The summed E-state index contributed by atoms with van der Waals surface area (Å²) in [5.74, 6) is 1.33. The van der Waals surface area contributed by atoms with Gasteiger partial charge in [-0.15, -0.1) is 0 Å². The molecule has 3 fully saturated rings. The molecule has 2 N–H and O–H groups in total. The lowest BCUT2D eigenvalue weighted by molar-refractivity contribution is -0.0805. The zero-order chi connectivity index (χ0) is 15.7. The Bertz CT molecular complexity index is 504. The Hall–Kier alpha value is -0.410. The van der Waals surface area contributed by atoms with Crippen LogP contribution in [0.3, 0.4) is 0 Å². The Balaban J connectivity index is 1.69. The maximum absolute atomic E-state index is 14.2. The second kappa shape index (κ2) is 4.80. The molecule has 4 aliphatic carbocycles. The van der Waals surface area contributed by atoms with Crippen molar-refractivity contribution in [2.45, 2.75) is 77.2 Å². The second-order valence-corrected chi connectivity index (χ2v) is 8.90. The molecule has 0 amide bonds. The molecule has 0 radical (unpaired) electrons. The number of halogens is 1. The predicted octanol–water partition coefficient (Wildman–Crippen LogP) is 3.62. The third kappa shape index (κ3) is 1.84. The van der Waals surface area contributed by atoms with Crippen molar-refractivity contribution in [2.24, 2.45) is 28.6 Å². The van der Waals surface area contributed by atoms with Gasteiger partial charge in [0, 0.05) is 0 Å². The minimum absolute atomic E-state index is 0.0985. The van der Waals surface area contributed by atoms with Gasteiger partial charge in [-0.3, -0.25) is 0 Å². The number of rotatable bonds is 0. The molecule has 0 unspecified atom stereocenters. The highest BCUT2D eigenvalue weighted by atomic mass is 19.1. The van der Waals surface area contributed by atoms with Crippen LogP contribution in [0.2, 0.25) is 0 Å². The van der Waals surface area contributed by atoms with Crippen molar-refractivity contribution < 1.29 is 14.6 Å². The Morgan fingerprint density at radius 1 is 1.18 bits per heavy atom. The molecule has 0 aromatic carbocycles. The van der Waals surface area contributed by atoms with E-state index in [0.29, 0.717) is 24.2 Å². The number of alkyl halides is 1. The molecule has 3 saturated carbocycles. The summed E-state index contributed by atoms with van der Waals surface area (Å²) in [5.41, 5.74) is 1.40. The second-order valence-electron chi connectivity index (χ2n) is 8.90. The third-order valence-electron chi connectivity index (χ3n) is 7.97. The van der Waals surface area contributed by atoms with Crippen LogP contribution in [0.5, 0.6) is 0 Å². The first-order valence-corrected chi connectivity index (χ1v) is 9.06. The molecule has 0 aromatic heterocycles. The highest BCUT2D eigenvalue weighted by Crippen LogP contribution is 2.65. The van der Waals surface area contributed by atoms with Crippen LogP contribution < -0.4 is 0 Å². The number of aliphatic hydroxyl groups excluding tert-OH is 2. The average Bonchev–Trinajstić information content (AvgIpc) is 2.70. The van der Waals surface area contributed by atoms with E-state index in [4.69, 9.17) is 0 Å². The van der Waals surface area contributed by atoms with Crippen LogP contribution in [0.15, 0.2) is 11.6 Å². The number of aliphatic hydroxyl groups is 2. The van der Waals surface area contributed by atoms with E-state index in [1.54, 1.807) is 0 Å². The van der Waals surface area contributed by atoms with E-state index >= 15 is 0 Å². The van der Waals surface area contributed by atoms with Crippen molar-refractivity contribution in [3.63, 3.8) is 0 Å². The van der Waals surface area contributed by atoms with E-state index in [9.17, 15) is 14.6 Å². The van der Waals surface area contributed by atoms with E-state index in [0.717, 1.165) is 38.5 Å². The number of hydrogen-bond donors (Lipinski definition) is 2. The van der Waals surface area contributed by atoms with Gasteiger partial charge >= 0.3 is 0 Å². The van der Waals surface area contributed by atoms with Crippen molar-refractivity contribution in [2.75, 3.05) is 0 Å². The fraction of sp³-hybridized carbons (Fsp3) is 0.895. The van der Waals surface area contributed by atoms with Crippen LogP contribution in [0.4, 0.5) is 4.39 Å². The minimum atomic E-state index is -1.05. The van der Waals surface area contributed by atoms with E-state index in [-0.39, 0.29) is 16.9 Å². The van der Waals surface area contributed by atoms with Crippen LogP contribution in [-0.2, 0) is 0 Å². The number of hydrogen-bond acceptors (Lipinski definition) is 2. The number of allylic oxidation sites excluding steroid dienone is 2. The van der Waals surface area contributed by atoms with Gasteiger partial charge in [0.05, 0.1) is 12.2 Å². The van der Waals surface area contributed by atoms with Crippen LogP contribution in [-0.4, -0.2) is 28.6 Å². The molecule has 22 heavy (non-hydrogen) atoms. The summed E-state index contributed by atoms with van der Waals surface area (Å²) in [4.78, 5) is 0. The van der Waals surface area contributed by atoms with Crippen molar-refractivity contribution in [1.29, 1.82) is 0 Å². The molecule has 124 valence electrons. The molecular formula is C19H29FO2. The summed E-state index contributed by atoms with van der Waals surface area (Å²) in [7, 11) is 0. The zero-order valence-corrected chi connectivity index (χ0v) is 13.8. The first-order chi connectivity index (χ1) is 10.4. The highest BCUT2D eigenvalue weighted by molar-refractivity contribution is 5.25. The Morgan fingerprint density at radius 3 is 2.73 bits per heavy atom. The molecule has 0 saturated heterocycles. The molecule has 0 spiro atoms. The first kappa shape index (κ1) is 15.1. The van der Waals surface area contributed by atoms with Crippen LogP contribution in [0.25, 0.3) is 0 Å². The van der Waals surface area contributed by atoms with Crippen LogP contribution in [0, 0.1) is 28.6 Å². The molecule has 3 heteroatoms. The summed E-state index contributed by atoms with van der Waals surface area (Å²) in [6.45, 7) is 4.44. The van der Waals surface area contributed by atoms with E-state index in [1.807, 2.05) is 0 Å². The molecule has 0 bridgehead atoms. The van der Waals surface area contributed by atoms with E-state index < -0.39 is 12.3 Å². The highest BCUT2D eigenvalue weighted by Gasteiger charge is 2.61. The van der Waals surface area contributed by atoms with Gasteiger partial charge in [-0.05, 0) is 73.5 Å². The Labute approximate surface area is 132 Å². The van der Waals surface area contributed by atoms with Crippen LogP contribution >= 0.6 is 0 Å².